The fourth-order valence-corrected chi connectivity index (χ4v) is 1.49. The molecule has 0 saturated heterocycles. The molecule has 0 aromatic carbocycles. The number of aromatic nitrogens is 1. The average Bonchev–Trinajstić information content (AvgIpc) is 2.27. The first-order valence-electron chi connectivity index (χ1n) is 4.68. The number of nitro groups is 1. The molecule has 1 heterocycles. The third-order valence-corrected chi connectivity index (χ3v) is 2.29. The van der Waals surface area contributed by atoms with Crippen molar-refractivity contribution in [2.24, 2.45) is 0 Å². The molecule has 1 aromatic heterocycles. The summed E-state index contributed by atoms with van der Waals surface area (Å²) >= 11 is 5.54. The number of carbonyl (C=O) groups is 1. The van der Waals surface area contributed by atoms with Crippen LogP contribution in [0.3, 0.4) is 0 Å². The Morgan fingerprint density at radius 3 is 2.72 bits per heavy atom. The van der Waals surface area contributed by atoms with Gasteiger partial charge >= 0.3 is 11.7 Å². The molecule has 0 amide bonds. The Hall–Kier alpha value is -1.83. The van der Waals surface area contributed by atoms with E-state index in [0.29, 0.717) is 6.20 Å². The van der Waals surface area contributed by atoms with Crippen LogP contribution in [-0.4, -0.2) is 22.5 Å². The van der Waals surface area contributed by atoms with E-state index in [1.54, 1.807) is 0 Å². The van der Waals surface area contributed by atoms with Crippen molar-refractivity contribution in [3.63, 3.8) is 0 Å². The van der Waals surface area contributed by atoms with E-state index in [4.69, 9.17) is 11.6 Å². The number of pyridine rings is 1. The fraction of sp³-hybridized carbons (Fsp3) is 0.333. The van der Waals surface area contributed by atoms with E-state index in [9.17, 15) is 23.7 Å². The van der Waals surface area contributed by atoms with E-state index < -0.39 is 39.3 Å². The monoisotopic (exact) mass is 280 g/mol. The molecule has 0 spiro atoms. The minimum atomic E-state index is -3.05. The van der Waals surface area contributed by atoms with Crippen molar-refractivity contribution in [2.45, 2.75) is 13.3 Å². The second kappa shape index (κ2) is 5.67. The molecule has 0 bridgehead atoms. The van der Waals surface area contributed by atoms with Gasteiger partial charge in [0.15, 0.2) is 5.56 Å². The van der Waals surface area contributed by atoms with E-state index in [1.807, 2.05) is 0 Å². The molecule has 98 valence electrons. The highest BCUT2D eigenvalue weighted by Crippen LogP contribution is 2.33. The van der Waals surface area contributed by atoms with Crippen molar-refractivity contribution in [2.75, 3.05) is 6.61 Å². The first-order chi connectivity index (χ1) is 8.40. The van der Waals surface area contributed by atoms with Gasteiger partial charge in [-0.05, 0) is 6.92 Å². The first kappa shape index (κ1) is 14.2. The Morgan fingerprint density at radius 2 is 2.28 bits per heavy atom. The number of nitrogens with zero attached hydrogens (tertiary/aromatic N) is 2. The summed E-state index contributed by atoms with van der Waals surface area (Å²) in [4.78, 5) is 24.4. The van der Waals surface area contributed by atoms with E-state index in [1.165, 1.54) is 6.92 Å². The van der Waals surface area contributed by atoms with Gasteiger partial charge in [-0.3, -0.25) is 10.1 Å². The number of alkyl halides is 2. The average molecular weight is 281 g/mol. The zero-order valence-corrected chi connectivity index (χ0v) is 9.78. The van der Waals surface area contributed by atoms with Gasteiger partial charge in [0.2, 0.25) is 0 Å². The third-order valence-electron chi connectivity index (χ3n) is 1.91. The molecule has 0 aliphatic carbocycles. The highest BCUT2D eigenvalue weighted by Gasteiger charge is 2.30. The number of ether oxygens (including phenoxy) is 1. The summed E-state index contributed by atoms with van der Waals surface area (Å²) in [5.74, 6) is -1.14. The predicted molar refractivity (Wildman–Crippen MR) is 56.8 cm³/mol. The summed E-state index contributed by atoms with van der Waals surface area (Å²) in [5.41, 5.74) is -2.39. The maximum absolute atomic E-state index is 12.5. The van der Waals surface area contributed by atoms with Gasteiger partial charge in [-0.15, -0.1) is 0 Å². The summed E-state index contributed by atoms with van der Waals surface area (Å²) in [6, 6.07) is 0. The molecule has 0 radical (unpaired) electrons. The van der Waals surface area contributed by atoms with Crippen LogP contribution in [0.25, 0.3) is 0 Å². The highest BCUT2D eigenvalue weighted by molar-refractivity contribution is 6.34. The Morgan fingerprint density at radius 1 is 1.67 bits per heavy atom. The zero-order valence-electron chi connectivity index (χ0n) is 9.02. The molecule has 9 heteroatoms. The second-order valence-electron chi connectivity index (χ2n) is 3.00. The van der Waals surface area contributed by atoms with Gasteiger partial charge in [0, 0.05) is 0 Å². The second-order valence-corrected chi connectivity index (χ2v) is 3.37. The third kappa shape index (κ3) is 2.70. The van der Waals surface area contributed by atoms with Crippen LogP contribution >= 0.6 is 11.6 Å². The lowest BCUT2D eigenvalue weighted by Crippen LogP contribution is -2.11. The molecule has 6 nitrogen and oxygen atoms in total. The van der Waals surface area contributed by atoms with Crippen molar-refractivity contribution < 1.29 is 23.2 Å². The molecule has 0 unspecified atom stereocenters. The van der Waals surface area contributed by atoms with Gasteiger partial charge in [-0.25, -0.2) is 18.6 Å². The molecule has 0 N–H and O–H groups in total. The highest BCUT2D eigenvalue weighted by atomic mass is 35.5. The summed E-state index contributed by atoms with van der Waals surface area (Å²) in [5, 5.41) is 9.91. The van der Waals surface area contributed by atoms with Crippen LogP contribution in [-0.2, 0) is 4.74 Å². The minimum absolute atomic E-state index is 0.0708. The topological polar surface area (TPSA) is 82.3 Å². The molecule has 0 fully saturated rings. The van der Waals surface area contributed by atoms with Gasteiger partial charge in [-0.1, -0.05) is 11.6 Å². The van der Waals surface area contributed by atoms with Crippen molar-refractivity contribution in [3.8, 4) is 0 Å². The quantitative estimate of drug-likeness (QED) is 0.481. The lowest BCUT2D eigenvalue weighted by Gasteiger charge is -2.08. The number of hydrogen-bond acceptors (Lipinski definition) is 5. The number of rotatable bonds is 4. The number of carbonyl (C=O) groups excluding carboxylic acids is 1. The normalized spacial score (nSPS) is 10.5. The van der Waals surface area contributed by atoms with Gasteiger partial charge in [0.25, 0.3) is 6.43 Å². The fourth-order valence-electron chi connectivity index (χ4n) is 1.18. The van der Waals surface area contributed by atoms with Crippen molar-refractivity contribution in [1.29, 1.82) is 0 Å². The minimum Gasteiger partial charge on any atom is -0.462 e. The maximum Gasteiger partial charge on any atom is 0.346 e. The van der Waals surface area contributed by atoms with Crippen molar-refractivity contribution in [3.05, 3.63) is 32.6 Å². The van der Waals surface area contributed by atoms with Gasteiger partial charge < -0.3 is 4.74 Å². The van der Waals surface area contributed by atoms with E-state index in [2.05, 4.69) is 9.72 Å². The molecule has 0 aliphatic heterocycles. The molecular formula is C9H7ClF2N2O4. The zero-order chi connectivity index (χ0) is 13.9. The van der Waals surface area contributed by atoms with Crippen LogP contribution in [0.5, 0.6) is 0 Å². The van der Waals surface area contributed by atoms with E-state index in [0.717, 1.165) is 0 Å². The largest absolute Gasteiger partial charge is 0.462 e. The van der Waals surface area contributed by atoms with Crippen LogP contribution in [0.4, 0.5) is 14.5 Å². The lowest BCUT2D eigenvalue weighted by atomic mass is 10.2. The number of halogens is 3. The number of esters is 1. The summed E-state index contributed by atoms with van der Waals surface area (Å²) in [6.07, 6.45) is -2.49. The van der Waals surface area contributed by atoms with E-state index >= 15 is 0 Å². The number of hydrogen-bond donors (Lipinski definition) is 0. The maximum atomic E-state index is 12.5. The first-order valence-corrected chi connectivity index (χ1v) is 5.06. The summed E-state index contributed by atoms with van der Waals surface area (Å²) in [7, 11) is 0. The Kier molecular flexibility index (Phi) is 4.49. The molecule has 0 aliphatic rings. The van der Waals surface area contributed by atoms with Gasteiger partial charge in [0.1, 0.15) is 11.9 Å². The van der Waals surface area contributed by atoms with E-state index in [-0.39, 0.29) is 6.61 Å². The molecule has 1 aromatic rings. The van der Waals surface area contributed by atoms with Crippen molar-refractivity contribution >= 4 is 23.3 Å². The molecule has 0 saturated carbocycles. The van der Waals surface area contributed by atoms with Gasteiger partial charge in [0.05, 0.1) is 16.6 Å². The van der Waals surface area contributed by atoms with Crippen LogP contribution < -0.4 is 0 Å². The van der Waals surface area contributed by atoms with Crippen LogP contribution in [0.2, 0.25) is 5.02 Å². The SMILES string of the molecule is CCOC(=O)c1c([N+](=O)[O-])cnc(C(F)F)c1Cl. The van der Waals surface area contributed by atoms with Gasteiger partial charge in [-0.2, -0.15) is 0 Å². The molecular weight excluding hydrogens is 274 g/mol. The molecule has 1 rings (SSSR count). The molecule has 0 atom stereocenters. The summed E-state index contributed by atoms with van der Waals surface area (Å²) < 4.78 is 29.6. The standard InChI is InChI=1S/C9H7ClF2N2O4/c1-2-18-9(15)5-4(14(16)17)3-13-7(6(5)10)8(11)12/h3,8H,2H2,1H3. The van der Waals surface area contributed by atoms with Crippen LogP contribution in [0, 0.1) is 10.1 Å². The Labute approximate surface area is 105 Å². The Balaban J connectivity index is 3.45. The summed E-state index contributed by atoms with van der Waals surface area (Å²) in [6.45, 7) is 1.39. The predicted octanol–water partition coefficient (Wildman–Crippen LogP) is 2.76. The van der Waals surface area contributed by atoms with Crippen LogP contribution in [0.15, 0.2) is 6.20 Å². The molecule has 18 heavy (non-hydrogen) atoms. The van der Waals surface area contributed by atoms with Crippen LogP contribution in [0.1, 0.15) is 29.4 Å². The smallest absolute Gasteiger partial charge is 0.346 e. The Bertz CT molecular complexity index is 496. The van der Waals surface area contributed by atoms with Crippen molar-refractivity contribution in [1.82, 2.24) is 4.98 Å². The lowest BCUT2D eigenvalue weighted by molar-refractivity contribution is -0.385.